The molecule has 7 nitrogen and oxygen atoms in total. The maximum absolute atomic E-state index is 13.2. The highest BCUT2D eigenvalue weighted by Gasteiger charge is 2.47. The second kappa shape index (κ2) is 10.1. The molecule has 0 aliphatic carbocycles. The second-order valence-corrected chi connectivity index (χ2v) is 8.46. The van der Waals surface area contributed by atoms with Gasteiger partial charge in [-0.3, -0.25) is 9.59 Å². The number of aliphatic hydroxyl groups excluding tert-OH is 1. The van der Waals surface area contributed by atoms with E-state index in [9.17, 15) is 14.7 Å². The number of ether oxygens (including phenoxy) is 3. The normalized spacial score (nSPS) is 21.6. The molecule has 7 heteroatoms. The van der Waals surface area contributed by atoms with Crippen LogP contribution in [0.15, 0.2) is 60.7 Å². The van der Waals surface area contributed by atoms with Crippen LogP contribution in [-0.4, -0.2) is 54.7 Å². The maximum atomic E-state index is 13.2. The van der Waals surface area contributed by atoms with Crippen LogP contribution in [0, 0.1) is 6.92 Å². The van der Waals surface area contributed by atoms with Crippen molar-refractivity contribution in [2.75, 3.05) is 26.9 Å². The fraction of sp³-hybridized carbons (Fsp3) is 0.333. The predicted octanol–water partition coefficient (Wildman–Crippen LogP) is 4.17. The molecule has 34 heavy (non-hydrogen) atoms. The van der Waals surface area contributed by atoms with Crippen LogP contribution in [0.3, 0.4) is 0 Å². The molecule has 2 atom stereocenters. The van der Waals surface area contributed by atoms with Crippen molar-refractivity contribution >= 4 is 17.4 Å². The van der Waals surface area contributed by atoms with Gasteiger partial charge in [0.25, 0.3) is 11.7 Å². The molecule has 2 aromatic carbocycles. The number of ketones is 1. The SMILES string of the molecule is C=CCOc1ccc(C2C(=C(O)c3ccc(C)cc3)C(=O)C(=O)N2CC2CCCO2)cc1OC. The second-order valence-electron chi connectivity index (χ2n) is 8.46. The number of methoxy groups -OCH3 is 1. The molecule has 0 radical (unpaired) electrons. The minimum absolute atomic E-state index is 0.0497. The molecule has 2 fully saturated rings. The fourth-order valence-electron chi connectivity index (χ4n) is 4.41. The summed E-state index contributed by atoms with van der Waals surface area (Å²) in [4.78, 5) is 27.8. The number of amides is 1. The molecule has 0 saturated carbocycles. The molecule has 0 bridgehead atoms. The summed E-state index contributed by atoms with van der Waals surface area (Å²) < 4.78 is 16.9. The van der Waals surface area contributed by atoms with Gasteiger partial charge < -0.3 is 24.2 Å². The Morgan fingerprint density at radius 1 is 1.21 bits per heavy atom. The quantitative estimate of drug-likeness (QED) is 0.274. The molecule has 1 N–H and O–H groups in total. The third kappa shape index (κ3) is 4.56. The van der Waals surface area contributed by atoms with E-state index in [0.717, 1.165) is 18.4 Å². The molecule has 4 rings (SSSR count). The minimum atomic E-state index is -0.784. The minimum Gasteiger partial charge on any atom is -0.507 e. The molecule has 2 aromatic rings. The van der Waals surface area contributed by atoms with Gasteiger partial charge in [0, 0.05) is 18.7 Å². The zero-order valence-electron chi connectivity index (χ0n) is 19.5. The van der Waals surface area contributed by atoms with Gasteiger partial charge in [-0.1, -0.05) is 48.6 Å². The number of carbonyl (C=O) groups is 2. The monoisotopic (exact) mass is 463 g/mol. The number of aliphatic hydroxyl groups is 1. The largest absolute Gasteiger partial charge is 0.507 e. The summed E-state index contributed by atoms with van der Waals surface area (Å²) in [5.74, 6) is -0.602. The first-order valence-electron chi connectivity index (χ1n) is 11.3. The number of likely N-dealkylation sites (tertiary alicyclic amines) is 1. The summed E-state index contributed by atoms with van der Waals surface area (Å²) in [6, 6.07) is 11.6. The topological polar surface area (TPSA) is 85.3 Å². The van der Waals surface area contributed by atoms with E-state index in [1.807, 2.05) is 19.1 Å². The number of rotatable bonds is 8. The predicted molar refractivity (Wildman–Crippen MR) is 128 cm³/mol. The Labute approximate surface area is 199 Å². The number of carbonyl (C=O) groups excluding carboxylic acids is 2. The van der Waals surface area contributed by atoms with Crippen molar-refractivity contribution in [3.8, 4) is 11.5 Å². The van der Waals surface area contributed by atoms with Crippen LogP contribution in [0.1, 0.15) is 35.6 Å². The van der Waals surface area contributed by atoms with Gasteiger partial charge in [-0.25, -0.2) is 0 Å². The summed E-state index contributed by atoms with van der Waals surface area (Å²) in [6.07, 6.45) is 3.19. The molecule has 0 spiro atoms. The molecule has 2 saturated heterocycles. The zero-order valence-corrected chi connectivity index (χ0v) is 19.5. The molecule has 2 heterocycles. The van der Waals surface area contributed by atoms with Crippen LogP contribution >= 0.6 is 0 Å². The Bertz CT molecular complexity index is 1110. The lowest BCUT2D eigenvalue weighted by atomic mass is 9.94. The Hall–Kier alpha value is -3.58. The van der Waals surface area contributed by atoms with E-state index < -0.39 is 17.7 Å². The first kappa shape index (κ1) is 23.6. The van der Waals surface area contributed by atoms with E-state index in [1.165, 1.54) is 12.0 Å². The molecular formula is C27H29NO6. The molecule has 2 aliphatic rings. The van der Waals surface area contributed by atoms with Gasteiger partial charge in [-0.15, -0.1) is 0 Å². The molecule has 1 amide bonds. The molecule has 0 aromatic heterocycles. The smallest absolute Gasteiger partial charge is 0.295 e. The highest BCUT2D eigenvalue weighted by Crippen LogP contribution is 2.42. The van der Waals surface area contributed by atoms with Crippen molar-refractivity contribution < 1.29 is 28.9 Å². The number of aryl methyl sites for hydroxylation is 1. The van der Waals surface area contributed by atoms with E-state index >= 15 is 0 Å². The standard InChI is InChI=1S/C27H29NO6/c1-4-13-34-21-12-11-19(15-22(21)32-3)24-23(25(29)18-9-7-17(2)8-10-18)26(30)27(31)28(24)16-20-6-5-14-33-20/h4,7-12,15,20,24,29H,1,5-6,13-14,16H2,2-3H3. The first-order valence-corrected chi connectivity index (χ1v) is 11.3. The number of hydrogen-bond acceptors (Lipinski definition) is 6. The van der Waals surface area contributed by atoms with Crippen LogP contribution in [0.5, 0.6) is 11.5 Å². The van der Waals surface area contributed by atoms with Gasteiger partial charge in [0.1, 0.15) is 12.4 Å². The van der Waals surface area contributed by atoms with Crippen LogP contribution in [0.2, 0.25) is 0 Å². The van der Waals surface area contributed by atoms with Crippen LogP contribution in [0.4, 0.5) is 0 Å². The number of hydrogen-bond donors (Lipinski definition) is 1. The summed E-state index contributed by atoms with van der Waals surface area (Å²) in [7, 11) is 1.52. The van der Waals surface area contributed by atoms with Gasteiger partial charge in [-0.05, 0) is 37.5 Å². The third-order valence-electron chi connectivity index (χ3n) is 6.15. The average Bonchev–Trinajstić information content (AvgIpc) is 3.45. The first-order chi connectivity index (χ1) is 16.4. The van der Waals surface area contributed by atoms with E-state index in [1.54, 1.807) is 36.4 Å². The van der Waals surface area contributed by atoms with E-state index in [-0.39, 0.29) is 24.0 Å². The van der Waals surface area contributed by atoms with Crippen LogP contribution < -0.4 is 9.47 Å². The van der Waals surface area contributed by atoms with Gasteiger partial charge in [0.2, 0.25) is 0 Å². The Kier molecular flexibility index (Phi) is 7.03. The summed E-state index contributed by atoms with van der Waals surface area (Å²) >= 11 is 0. The lowest BCUT2D eigenvalue weighted by Crippen LogP contribution is -2.36. The van der Waals surface area contributed by atoms with Crippen molar-refractivity contribution in [1.82, 2.24) is 4.90 Å². The number of benzene rings is 2. The lowest BCUT2D eigenvalue weighted by molar-refractivity contribution is -0.140. The van der Waals surface area contributed by atoms with Crippen molar-refractivity contribution in [2.45, 2.75) is 31.9 Å². The van der Waals surface area contributed by atoms with Crippen molar-refractivity contribution in [3.63, 3.8) is 0 Å². The molecule has 178 valence electrons. The van der Waals surface area contributed by atoms with E-state index in [2.05, 4.69) is 6.58 Å². The summed E-state index contributed by atoms with van der Waals surface area (Å²) in [6.45, 7) is 6.79. The molecule has 2 aliphatic heterocycles. The van der Waals surface area contributed by atoms with E-state index in [4.69, 9.17) is 14.2 Å². The van der Waals surface area contributed by atoms with Gasteiger partial charge in [0.05, 0.1) is 24.8 Å². The van der Waals surface area contributed by atoms with Crippen molar-refractivity contribution in [3.05, 3.63) is 77.4 Å². The van der Waals surface area contributed by atoms with E-state index in [0.29, 0.717) is 35.8 Å². The number of nitrogens with zero attached hydrogens (tertiary/aromatic N) is 1. The van der Waals surface area contributed by atoms with Crippen LogP contribution in [-0.2, 0) is 14.3 Å². The zero-order chi connectivity index (χ0) is 24.2. The fourth-order valence-corrected chi connectivity index (χ4v) is 4.41. The summed E-state index contributed by atoms with van der Waals surface area (Å²) in [5, 5.41) is 11.2. The lowest BCUT2D eigenvalue weighted by Gasteiger charge is -2.28. The molecular weight excluding hydrogens is 434 g/mol. The maximum Gasteiger partial charge on any atom is 0.295 e. The van der Waals surface area contributed by atoms with Crippen molar-refractivity contribution in [2.24, 2.45) is 0 Å². The summed E-state index contributed by atoms with van der Waals surface area (Å²) in [5.41, 5.74) is 2.18. The van der Waals surface area contributed by atoms with Gasteiger partial charge in [-0.2, -0.15) is 0 Å². The van der Waals surface area contributed by atoms with Crippen LogP contribution in [0.25, 0.3) is 5.76 Å². The highest BCUT2D eigenvalue weighted by molar-refractivity contribution is 6.46. The third-order valence-corrected chi connectivity index (χ3v) is 6.15. The van der Waals surface area contributed by atoms with Crippen molar-refractivity contribution in [1.29, 1.82) is 0 Å². The van der Waals surface area contributed by atoms with Gasteiger partial charge >= 0.3 is 0 Å². The van der Waals surface area contributed by atoms with Gasteiger partial charge in [0.15, 0.2) is 11.5 Å². The Morgan fingerprint density at radius 3 is 2.62 bits per heavy atom. The Morgan fingerprint density at radius 2 is 1.97 bits per heavy atom. The Balaban J connectivity index is 1.82. The average molecular weight is 464 g/mol. The highest BCUT2D eigenvalue weighted by atomic mass is 16.5. The number of Topliss-reactive ketones (excluding diaryl/α,β-unsaturated/α-hetero) is 1. The molecule has 2 unspecified atom stereocenters.